The minimum Gasteiger partial charge on any atom is -0.483 e. The number of fused-ring (bicyclic) bond motifs is 1. The normalized spacial score (nSPS) is 17.0. The van der Waals surface area contributed by atoms with Gasteiger partial charge in [-0.15, -0.1) is 0 Å². The monoisotopic (exact) mass is 285 g/mol. The van der Waals surface area contributed by atoms with Crippen molar-refractivity contribution in [2.75, 3.05) is 0 Å². The van der Waals surface area contributed by atoms with Crippen LogP contribution >= 0.6 is 0 Å². The van der Waals surface area contributed by atoms with Gasteiger partial charge in [-0.25, -0.2) is 4.98 Å². The number of para-hydroxylation sites is 1. The Morgan fingerprint density at radius 3 is 2.86 bits per heavy atom. The molecule has 1 aromatic carbocycles. The first kappa shape index (κ1) is 13.9. The van der Waals surface area contributed by atoms with Gasteiger partial charge in [-0.3, -0.25) is 0 Å². The van der Waals surface area contributed by atoms with E-state index in [9.17, 15) is 5.11 Å². The molecule has 1 aromatic heterocycles. The molecular formula is C17H19NO3. The van der Waals surface area contributed by atoms with Gasteiger partial charge in [-0.1, -0.05) is 12.1 Å². The van der Waals surface area contributed by atoms with Crippen LogP contribution in [0.5, 0.6) is 17.4 Å². The van der Waals surface area contributed by atoms with E-state index in [0.717, 1.165) is 17.7 Å². The fraction of sp³-hybridized carbons (Fsp3) is 0.353. The first-order chi connectivity index (χ1) is 9.96. The van der Waals surface area contributed by atoms with Gasteiger partial charge in [-0.05, 0) is 39.0 Å². The number of aliphatic hydroxyl groups is 1. The third-order valence-corrected chi connectivity index (χ3v) is 3.51. The van der Waals surface area contributed by atoms with Crippen LogP contribution in [0.4, 0.5) is 0 Å². The summed E-state index contributed by atoms with van der Waals surface area (Å²) in [5, 5.41) is 9.81. The summed E-state index contributed by atoms with van der Waals surface area (Å²) in [5.74, 6) is 1.82. The molecule has 0 amide bonds. The largest absolute Gasteiger partial charge is 0.483 e. The standard InChI is InChI=1S/C17H19NO3/c1-11(19)13-7-5-9-18-16(13)20-14-8-4-6-12-10-17(2,3)21-15(12)14/h4-9,11,19H,10H2,1-3H3/t11-/m1/s1. The number of aromatic nitrogens is 1. The number of aliphatic hydroxyl groups excluding tert-OH is 1. The molecule has 0 spiro atoms. The SMILES string of the molecule is C[C@@H](O)c1cccnc1Oc1cccc2c1OC(C)(C)C2. The van der Waals surface area contributed by atoms with Crippen molar-refractivity contribution in [2.24, 2.45) is 0 Å². The molecule has 0 bridgehead atoms. The van der Waals surface area contributed by atoms with Gasteiger partial charge in [0.15, 0.2) is 11.5 Å². The van der Waals surface area contributed by atoms with Gasteiger partial charge in [0.05, 0.1) is 6.10 Å². The van der Waals surface area contributed by atoms with Crippen LogP contribution in [0.25, 0.3) is 0 Å². The average molecular weight is 285 g/mol. The molecule has 21 heavy (non-hydrogen) atoms. The number of ether oxygens (including phenoxy) is 2. The average Bonchev–Trinajstić information content (AvgIpc) is 2.74. The first-order valence-corrected chi connectivity index (χ1v) is 7.08. The number of rotatable bonds is 3. The molecule has 0 saturated heterocycles. The maximum Gasteiger partial charge on any atom is 0.225 e. The summed E-state index contributed by atoms with van der Waals surface area (Å²) < 4.78 is 11.9. The minimum atomic E-state index is -0.636. The Bertz CT molecular complexity index is 665. The predicted molar refractivity (Wildman–Crippen MR) is 79.8 cm³/mol. The highest BCUT2D eigenvalue weighted by Gasteiger charge is 2.32. The lowest BCUT2D eigenvalue weighted by Gasteiger charge is -2.18. The molecule has 0 aliphatic carbocycles. The summed E-state index contributed by atoms with van der Waals surface area (Å²) in [6, 6.07) is 9.44. The van der Waals surface area contributed by atoms with E-state index in [1.54, 1.807) is 25.3 Å². The van der Waals surface area contributed by atoms with E-state index in [0.29, 0.717) is 17.2 Å². The van der Waals surface area contributed by atoms with Crippen LogP contribution in [0.3, 0.4) is 0 Å². The van der Waals surface area contributed by atoms with Crippen LogP contribution in [-0.2, 0) is 6.42 Å². The Hall–Kier alpha value is -2.07. The molecule has 4 heteroatoms. The van der Waals surface area contributed by atoms with Crippen molar-refractivity contribution in [1.82, 2.24) is 4.98 Å². The molecule has 1 aliphatic heterocycles. The van der Waals surface area contributed by atoms with Crippen LogP contribution in [0.15, 0.2) is 36.5 Å². The highest BCUT2D eigenvalue weighted by Crippen LogP contribution is 2.43. The first-order valence-electron chi connectivity index (χ1n) is 7.08. The van der Waals surface area contributed by atoms with E-state index in [1.807, 2.05) is 18.2 Å². The number of pyridine rings is 1. The third-order valence-electron chi connectivity index (χ3n) is 3.51. The molecule has 0 fully saturated rings. The number of nitrogens with zero attached hydrogens (tertiary/aromatic N) is 1. The topological polar surface area (TPSA) is 51.6 Å². The smallest absolute Gasteiger partial charge is 0.225 e. The van der Waals surface area contributed by atoms with E-state index in [4.69, 9.17) is 9.47 Å². The Labute approximate surface area is 124 Å². The van der Waals surface area contributed by atoms with Crippen molar-refractivity contribution in [1.29, 1.82) is 0 Å². The van der Waals surface area contributed by atoms with Crippen molar-refractivity contribution in [3.8, 4) is 17.4 Å². The summed E-state index contributed by atoms with van der Waals surface area (Å²) in [7, 11) is 0. The van der Waals surface area contributed by atoms with Gasteiger partial charge in [0, 0.05) is 23.7 Å². The van der Waals surface area contributed by atoms with Crippen molar-refractivity contribution in [3.05, 3.63) is 47.7 Å². The van der Waals surface area contributed by atoms with Crippen LogP contribution < -0.4 is 9.47 Å². The number of hydrogen-bond donors (Lipinski definition) is 1. The van der Waals surface area contributed by atoms with Gasteiger partial charge in [0.25, 0.3) is 0 Å². The molecule has 1 N–H and O–H groups in total. The van der Waals surface area contributed by atoms with Gasteiger partial charge >= 0.3 is 0 Å². The van der Waals surface area contributed by atoms with Gasteiger partial charge in [0.1, 0.15) is 5.60 Å². The molecule has 3 rings (SSSR count). The summed E-state index contributed by atoms with van der Waals surface area (Å²) >= 11 is 0. The molecule has 1 aliphatic rings. The molecule has 4 nitrogen and oxygen atoms in total. The molecule has 110 valence electrons. The molecular weight excluding hydrogens is 266 g/mol. The summed E-state index contributed by atoms with van der Waals surface area (Å²) in [4.78, 5) is 4.22. The molecule has 2 heterocycles. The van der Waals surface area contributed by atoms with E-state index in [2.05, 4.69) is 18.8 Å². The lowest BCUT2D eigenvalue weighted by Crippen LogP contribution is -2.24. The second-order valence-corrected chi connectivity index (χ2v) is 5.96. The third kappa shape index (κ3) is 2.72. The van der Waals surface area contributed by atoms with Crippen LogP contribution in [0, 0.1) is 0 Å². The fourth-order valence-electron chi connectivity index (χ4n) is 2.58. The van der Waals surface area contributed by atoms with E-state index >= 15 is 0 Å². The lowest BCUT2D eigenvalue weighted by molar-refractivity contribution is 0.134. The van der Waals surface area contributed by atoms with Gasteiger partial charge in [0.2, 0.25) is 5.88 Å². The van der Waals surface area contributed by atoms with Crippen molar-refractivity contribution < 1.29 is 14.6 Å². The molecule has 1 atom stereocenters. The van der Waals surface area contributed by atoms with E-state index in [1.165, 1.54) is 0 Å². The molecule has 0 radical (unpaired) electrons. The summed E-state index contributed by atoms with van der Waals surface area (Å²) in [6.45, 7) is 5.80. The van der Waals surface area contributed by atoms with Gasteiger partial charge < -0.3 is 14.6 Å². The zero-order chi connectivity index (χ0) is 15.0. The highest BCUT2D eigenvalue weighted by molar-refractivity contribution is 5.51. The maximum absolute atomic E-state index is 9.81. The fourth-order valence-corrected chi connectivity index (χ4v) is 2.58. The lowest BCUT2D eigenvalue weighted by atomic mass is 10.0. The number of benzene rings is 1. The molecule has 0 unspecified atom stereocenters. The van der Waals surface area contributed by atoms with Gasteiger partial charge in [-0.2, -0.15) is 0 Å². The Morgan fingerprint density at radius 1 is 1.29 bits per heavy atom. The Balaban J connectivity index is 1.97. The second-order valence-electron chi connectivity index (χ2n) is 5.96. The van der Waals surface area contributed by atoms with E-state index in [-0.39, 0.29) is 5.60 Å². The second kappa shape index (κ2) is 5.04. The Morgan fingerprint density at radius 2 is 2.10 bits per heavy atom. The van der Waals surface area contributed by atoms with Crippen molar-refractivity contribution in [2.45, 2.75) is 38.9 Å². The number of hydrogen-bond acceptors (Lipinski definition) is 4. The highest BCUT2D eigenvalue weighted by atomic mass is 16.5. The van der Waals surface area contributed by atoms with Crippen molar-refractivity contribution >= 4 is 0 Å². The molecule has 2 aromatic rings. The quantitative estimate of drug-likeness (QED) is 0.935. The zero-order valence-electron chi connectivity index (χ0n) is 12.5. The van der Waals surface area contributed by atoms with E-state index < -0.39 is 6.10 Å². The predicted octanol–water partition coefficient (Wildman–Crippen LogP) is 3.64. The van der Waals surface area contributed by atoms with Crippen LogP contribution in [-0.4, -0.2) is 15.7 Å². The van der Waals surface area contributed by atoms with Crippen LogP contribution in [0.2, 0.25) is 0 Å². The minimum absolute atomic E-state index is 0.223. The summed E-state index contributed by atoms with van der Waals surface area (Å²) in [6.07, 6.45) is 1.86. The molecule has 0 saturated carbocycles. The van der Waals surface area contributed by atoms with Crippen molar-refractivity contribution in [3.63, 3.8) is 0 Å². The Kier molecular flexibility index (Phi) is 3.33. The summed E-state index contributed by atoms with van der Waals surface area (Å²) in [5.41, 5.74) is 1.57. The maximum atomic E-state index is 9.81. The zero-order valence-corrected chi connectivity index (χ0v) is 12.5. The van der Waals surface area contributed by atoms with Crippen LogP contribution in [0.1, 0.15) is 38.0 Å².